The molecule has 0 aromatic heterocycles. The first kappa shape index (κ1) is 13.0. The fraction of sp³-hybridized carbons (Fsp3) is 0.417. The van der Waals surface area contributed by atoms with Gasteiger partial charge < -0.3 is 5.11 Å². The molecule has 1 N–H and O–H groups in total. The van der Waals surface area contributed by atoms with Crippen molar-refractivity contribution in [2.24, 2.45) is 0 Å². The Morgan fingerprint density at radius 1 is 1.39 bits per heavy atom. The Morgan fingerprint density at radius 3 is 2.56 bits per heavy atom. The van der Waals surface area contributed by atoms with E-state index in [2.05, 4.69) is 0 Å². The van der Waals surface area contributed by atoms with Crippen LogP contribution >= 0.6 is 0 Å². The second kappa shape index (κ2) is 4.68. The summed E-state index contributed by atoms with van der Waals surface area (Å²) in [7, 11) is -3.54. The summed E-state index contributed by atoms with van der Waals surface area (Å²) in [6, 6.07) is 3.82. The number of benzene rings is 1. The zero-order valence-electron chi connectivity index (χ0n) is 9.60. The van der Waals surface area contributed by atoms with Crippen LogP contribution in [0.4, 0.5) is 4.39 Å². The van der Waals surface area contributed by atoms with Gasteiger partial charge in [0.15, 0.2) is 9.84 Å². The lowest BCUT2D eigenvalue weighted by Crippen LogP contribution is -2.09. The molecule has 0 amide bonds. The van der Waals surface area contributed by atoms with E-state index in [4.69, 9.17) is 5.11 Å². The third-order valence-corrected chi connectivity index (χ3v) is 5.19. The van der Waals surface area contributed by atoms with E-state index in [0.29, 0.717) is 18.4 Å². The Morgan fingerprint density at radius 2 is 2.06 bits per heavy atom. The summed E-state index contributed by atoms with van der Waals surface area (Å²) in [6.07, 6.45) is 1.26. The van der Waals surface area contributed by atoms with Crippen LogP contribution in [0.2, 0.25) is 0 Å². The van der Waals surface area contributed by atoms with Gasteiger partial charge in [-0.1, -0.05) is 6.07 Å². The molecule has 1 aromatic rings. The average molecular weight is 272 g/mol. The van der Waals surface area contributed by atoms with Crippen LogP contribution in [0.3, 0.4) is 0 Å². The predicted molar refractivity (Wildman–Crippen MR) is 62.6 cm³/mol. The molecule has 2 rings (SSSR count). The van der Waals surface area contributed by atoms with Gasteiger partial charge in [-0.15, -0.1) is 0 Å². The van der Waals surface area contributed by atoms with Crippen molar-refractivity contribution >= 4 is 15.8 Å². The third-order valence-electron chi connectivity index (χ3n) is 2.89. The van der Waals surface area contributed by atoms with Crippen molar-refractivity contribution in [2.75, 3.05) is 0 Å². The number of hydrogen-bond acceptors (Lipinski definition) is 3. The summed E-state index contributed by atoms with van der Waals surface area (Å²) in [6.45, 7) is 0. The van der Waals surface area contributed by atoms with Crippen LogP contribution in [0.25, 0.3) is 0 Å². The molecule has 0 bridgehead atoms. The number of halogens is 1. The summed E-state index contributed by atoms with van der Waals surface area (Å²) in [5.41, 5.74) is 0.490. The lowest BCUT2D eigenvalue weighted by Gasteiger charge is -2.06. The minimum Gasteiger partial charge on any atom is -0.481 e. The Labute approximate surface area is 104 Å². The first-order valence-corrected chi connectivity index (χ1v) is 7.20. The summed E-state index contributed by atoms with van der Waals surface area (Å²) in [4.78, 5) is 10.1. The van der Waals surface area contributed by atoms with Gasteiger partial charge in [0, 0.05) is 6.42 Å². The maximum Gasteiger partial charge on any atom is 0.303 e. The first-order valence-electron chi connectivity index (χ1n) is 5.65. The van der Waals surface area contributed by atoms with E-state index in [-0.39, 0.29) is 17.7 Å². The predicted octanol–water partition coefficient (Wildman–Crippen LogP) is 1.78. The molecule has 4 nitrogen and oxygen atoms in total. The van der Waals surface area contributed by atoms with Crippen molar-refractivity contribution < 1.29 is 22.7 Å². The van der Waals surface area contributed by atoms with Gasteiger partial charge in [-0.25, -0.2) is 12.8 Å². The van der Waals surface area contributed by atoms with Crippen LogP contribution in [0, 0.1) is 5.82 Å². The fourth-order valence-electron chi connectivity index (χ4n) is 1.74. The van der Waals surface area contributed by atoms with E-state index in [1.807, 2.05) is 0 Å². The molecule has 1 saturated carbocycles. The highest BCUT2D eigenvalue weighted by Crippen LogP contribution is 2.34. The number of aliphatic carboxylic acids is 1. The number of carboxylic acids is 1. The molecule has 0 aliphatic heterocycles. The van der Waals surface area contributed by atoms with Crippen molar-refractivity contribution in [3.05, 3.63) is 29.6 Å². The van der Waals surface area contributed by atoms with Crippen molar-refractivity contribution in [3.8, 4) is 0 Å². The van der Waals surface area contributed by atoms with Gasteiger partial charge in [0.2, 0.25) is 0 Å². The van der Waals surface area contributed by atoms with Gasteiger partial charge in [0.05, 0.1) is 5.25 Å². The van der Waals surface area contributed by atoms with Gasteiger partial charge in [-0.2, -0.15) is 0 Å². The summed E-state index contributed by atoms with van der Waals surface area (Å²) < 4.78 is 37.4. The zero-order chi connectivity index (χ0) is 13.3. The van der Waals surface area contributed by atoms with Crippen LogP contribution < -0.4 is 0 Å². The topological polar surface area (TPSA) is 71.4 Å². The number of carbonyl (C=O) groups is 1. The van der Waals surface area contributed by atoms with Crippen LogP contribution in [-0.4, -0.2) is 24.7 Å². The van der Waals surface area contributed by atoms with Crippen molar-refractivity contribution in [1.82, 2.24) is 0 Å². The molecule has 98 valence electrons. The van der Waals surface area contributed by atoms with E-state index in [1.165, 1.54) is 12.1 Å². The second-order valence-corrected chi connectivity index (χ2v) is 6.60. The molecule has 0 saturated heterocycles. The molecule has 1 fully saturated rings. The van der Waals surface area contributed by atoms with Crippen LogP contribution in [0.15, 0.2) is 23.1 Å². The number of aryl methyl sites for hydroxylation is 1. The number of rotatable bonds is 5. The Bertz CT molecular complexity index is 576. The lowest BCUT2D eigenvalue weighted by atomic mass is 10.1. The fourth-order valence-corrected chi connectivity index (χ4v) is 3.44. The van der Waals surface area contributed by atoms with Crippen LogP contribution in [0.1, 0.15) is 24.8 Å². The van der Waals surface area contributed by atoms with Gasteiger partial charge in [0.1, 0.15) is 10.7 Å². The minimum atomic E-state index is -3.54. The highest BCUT2D eigenvalue weighted by Gasteiger charge is 2.38. The van der Waals surface area contributed by atoms with Crippen molar-refractivity contribution in [1.29, 1.82) is 0 Å². The van der Waals surface area contributed by atoms with E-state index >= 15 is 0 Å². The molecule has 1 aliphatic rings. The SMILES string of the molecule is O=C(O)CCc1ccc(S(=O)(=O)C2CC2)c(F)c1. The smallest absolute Gasteiger partial charge is 0.303 e. The highest BCUT2D eigenvalue weighted by atomic mass is 32.2. The highest BCUT2D eigenvalue weighted by molar-refractivity contribution is 7.92. The quantitative estimate of drug-likeness (QED) is 0.886. The Hall–Kier alpha value is -1.43. The molecule has 1 aliphatic carbocycles. The summed E-state index contributed by atoms with van der Waals surface area (Å²) >= 11 is 0. The van der Waals surface area contributed by atoms with E-state index in [1.54, 1.807) is 0 Å². The number of carboxylic acid groups (broad SMARTS) is 1. The molecule has 0 unspecified atom stereocenters. The molecule has 18 heavy (non-hydrogen) atoms. The monoisotopic (exact) mass is 272 g/mol. The van der Waals surface area contributed by atoms with Gasteiger partial charge in [0.25, 0.3) is 0 Å². The minimum absolute atomic E-state index is 0.103. The van der Waals surface area contributed by atoms with Gasteiger partial charge >= 0.3 is 5.97 Å². The summed E-state index contributed by atoms with van der Waals surface area (Å²) in [5, 5.41) is 8.07. The van der Waals surface area contributed by atoms with E-state index in [9.17, 15) is 17.6 Å². The first-order chi connectivity index (χ1) is 8.41. The van der Waals surface area contributed by atoms with E-state index in [0.717, 1.165) is 6.07 Å². The lowest BCUT2D eigenvalue weighted by molar-refractivity contribution is -0.136. The molecule has 0 radical (unpaired) electrons. The number of sulfone groups is 1. The molecular formula is C12H13FO4S. The molecule has 1 aromatic carbocycles. The second-order valence-electron chi connectivity index (χ2n) is 4.40. The summed E-state index contributed by atoms with van der Waals surface area (Å²) in [5.74, 6) is -1.75. The van der Waals surface area contributed by atoms with Gasteiger partial charge in [-0.05, 0) is 37.0 Å². The van der Waals surface area contributed by atoms with Gasteiger partial charge in [-0.3, -0.25) is 4.79 Å². The number of hydrogen-bond donors (Lipinski definition) is 1. The molecule has 0 heterocycles. The normalized spacial score (nSPS) is 15.6. The Balaban J connectivity index is 2.22. The molecule has 0 spiro atoms. The standard InChI is InChI=1S/C12H13FO4S/c13-10-7-8(2-6-12(14)15)1-5-11(10)18(16,17)9-3-4-9/h1,5,7,9H,2-4,6H2,(H,14,15). The molecule has 0 atom stereocenters. The van der Waals surface area contributed by atoms with Crippen LogP contribution in [0.5, 0.6) is 0 Å². The van der Waals surface area contributed by atoms with Crippen molar-refractivity contribution in [3.63, 3.8) is 0 Å². The zero-order valence-corrected chi connectivity index (χ0v) is 10.4. The van der Waals surface area contributed by atoms with Crippen LogP contribution in [-0.2, 0) is 21.1 Å². The maximum atomic E-state index is 13.7. The molecule has 6 heteroatoms. The third kappa shape index (κ3) is 2.69. The largest absolute Gasteiger partial charge is 0.481 e. The average Bonchev–Trinajstić information content (AvgIpc) is 3.09. The molecular weight excluding hydrogens is 259 g/mol. The van der Waals surface area contributed by atoms with Crippen molar-refractivity contribution in [2.45, 2.75) is 35.8 Å². The Kier molecular flexibility index (Phi) is 3.38. The maximum absolute atomic E-state index is 13.7. The van der Waals surface area contributed by atoms with E-state index < -0.39 is 26.9 Å².